The molecular formula is C27H33N3O7. The van der Waals surface area contributed by atoms with Gasteiger partial charge in [-0.1, -0.05) is 13.0 Å². The van der Waals surface area contributed by atoms with Gasteiger partial charge in [0.1, 0.15) is 22.8 Å². The topological polar surface area (TPSA) is 165 Å². The molecule has 0 radical (unpaired) electrons. The number of aromatic hydroxyl groups is 1. The lowest BCUT2D eigenvalue weighted by Crippen LogP contribution is -2.71. The molecule has 1 unspecified atom stereocenters. The number of rotatable bonds is 3. The summed E-state index contributed by atoms with van der Waals surface area (Å²) in [4.78, 5) is 43.2. The Morgan fingerprint density at radius 3 is 2.43 bits per heavy atom. The highest BCUT2D eigenvalue weighted by atomic mass is 16.3. The Morgan fingerprint density at radius 1 is 1.19 bits per heavy atom. The molecule has 1 aromatic carbocycles. The Labute approximate surface area is 214 Å². The monoisotopic (exact) mass is 511 g/mol. The van der Waals surface area contributed by atoms with Crippen LogP contribution in [0.2, 0.25) is 0 Å². The predicted octanol–water partition coefficient (Wildman–Crippen LogP) is 1.12. The van der Waals surface area contributed by atoms with Crippen LogP contribution in [0.4, 0.5) is 0 Å². The minimum atomic E-state index is -2.68. The number of hydrogen-bond acceptors (Lipinski definition) is 9. The average Bonchev–Trinajstić information content (AvgIpc) is 3.21. The normalized spacial score (nSPS) is 34.1. The highest BCUT2D eigenvalue weighted by Crippen LogP contribution is 2.58. The lowest BCUT2D eigenvalue weighted by atomic mass is 9.50. The van der Waals surface area contributed by atoms with Crippen LogP contribution in [-0.4, -0.2) is 87.0 Å². The fourth-order valence-corrected chi connectivity index (χ4v) is 7.40. The second-order valence-electron chi connectivity index (χ2n) is 11.4. The number of ketones is 2. The zero-order valence-electron chi connectivity index (χ0n) is 21.4. The number of primary amides is 1. The number of likely N-dealkylation sites (tertiary alicyclic amines) is 1. The van der Waals surface area contributed by atoms with Gasteiger partial charge in [-0.05, 0) is 76.5 Å². The van der Waals surface area contributed by atoms with E-state index in [-0.39, 0.29) is 35.8 Å². The smallest absolute Gasteiger partial charge is 0.255 e. The minimum absolute atomic E-state index is 0.0487. The van der Waals surface area contributed by atoms with Crippen molar-refractivity contribution in [3.05, 3.63) is 45.7 Å². The molecule has 3 aliphatic carbocycles. The molecule has 1 saturated carbocycles. The number of carbonyl (C=O) groups is 3. The van der Waals surface area contributed by atoms with E-state index >= 15 is 0 Å². The van der Waals surface area contributed by atoms with Crippen LogP contribution in [0.15, 0.2) is 29.0 Å². The molecule has 5 atom stereocenters. The van der Waals surface area contributed by atoms with Crippen LogP contribution in [0.1, 0.15) is 48.9 Å². The van der Waals surface area contributed by atoms with Crippen molar-refractivity contribution in [3.63, 3.8) is 0 Å². The van der Waals surface area contributed by atoms with E-state index in [2.05, 4.69) is 4.90 Å². The van der Waals surface area contributed by atoms with Crippen molar-refractivity contribution in [2.75, 3.05) is 27.7 Å². The number of amides is 1. The third-order valence-electron chi connectivity index (χ3n) is 9.00. The van der Waals surface area contributed by atoms with Gasteiger partial charge in [0, 0.05) is 17.0 Å². The summed E-state index contributed by atoms with van der Waals surface area (Å²) in [5.74, 6) is -5.37. The molecule has 5 rings (SSSR count). The van der Waals surface area contributed by atoms with Gasteiger partial charge in [0.25, 0.3) is 5.91 Å². The number of nitrogens with two attached hydrogens (primary N) is 1. The van der Waals surface area contributed by atoms with Crippen molar-refractivity contribution in [3.8, 4) is 5.75 Å². The first-order valence-electron chi connectivity index (χ1n) is 12.5. The van der Waals surface area contributed by atoms with Crippen LogP contribution in [0.25, 0.3) is 5.76 Å². The zero-order valence-corrected chi connectivity index (χ0v) is 21.4. The van der Waals surface area contributed by atoms with Gasteiger partial charge in [-0.25, -0.2) is 0 Å². The number of nitrogens with zero attached hydrogens (tertiary/aromatic N) is 2. The summed E-state index contributed by atoms with van der Waals surface area (Å²) >= 11 is 0. The zero-order chi connectivity index (χ0) is 27.2. The molecular weight excluding hydrogens is 478 g/mol. The molecule has 10 heteroatoms. The number of Topliss-reactive ketones (excluding diaryl/α,β-unsaturated/α-hetero) is 2. The van der Waals surface area contributed by atoms with Crippen LogP contribution in [0, 0.1) is 11.3 Å². The number of phenols is 1. The Morgan fingerprint density at radius 2 is 1.86 bits per heavy atom. The molecule has 1 aromatic rings. The highest BCUT2D eigenvalue weighted by molar-refractivity contribution is 6.25. The summed E-state index contributed by atoms with van der Waals surface area (Å²) in [6, 6.07) is 2.53. The quantitative estimate of drug-likeness (QED) is 0.374. The van der Waals surface area contributed by atoms with Crippen molar-refractivity contribution in [2.24, 2.45) is 17.1 Å². The Kier molecular flexibility index (Phi) is 5.60. The molecule has 0 aromatic heterocycles. The van der Waals surface area contributed by atoms with Crippen LogP contribution in [0.3, 0.4) is 0 Å². The molecule has 1 aliphatic heterocycles. The number of phenolic OH excluding ortho intramolecular Hbond substituents is 1. The van der Waals surface area contributed by atoms with Crippen molar-refractivity contribution in [1.82, 2.24) is 9.80 Å². The molecule has 6 N–H and O–H groups in total. The van der Waals surface area contributed by atoms with Crippen LogP contribution >= 0.6 is 0 Å². The second kappa shape index (κ2) is 8.14. The number of likely N-dealkylation sites (N-methyl/N-ethyl adjacent to an activating group) is 1. The van der Waals surface area contributed by atoms with Crippen LogP contribution < -0.4 is 5.73 Å². The van der Waals surface area contributed by atoms with Crippen molar-refractivity contribution >= 4 is 23.2 Å². The summed E-state index contributed by atoms with van der Waals surface area (Å²) < 4.78 is 0. The maximum absolute atomic E-state index is 14.0. The molecule has 1 heterocycles. The van der Waals surface area contributed by atoms with Crippen LogP contribution in [0.5, 0.6) is 5.75 Å². The average molecular weight is 512 g/mol. The van der Waals surface area contributed by atoms with E-state index in [9.17, 15) is 34.8 Å². The molecule has 2 fully saturated rings. The third-order valence-corrected chi connectivity index (χ3v) is 9.00. The number of benzene rings is 1. The number of aliphatic hydroxyl groups excluding tert-OH is 2. The molecule has 0 spiro atoms. The van der Waals surface area contributed by atoms with E-state index in [0.29, 0.717) is 5.56 Å². The van der Waals surface area contributed by atoms with E-state index in [4.69, 9.17) is 5.73 Å². The number of hydrogen-bond donors (Lipinski definition) is 5. The van der Waals surface area contributed by atoms with Gasteiger partial charge < -0.3 is 26.2 Å². The van der Waals surface area contributed by atoms with Gasteiger partial charge >= 0.3 is 0 Å². The first-order chi connectivity index (χ1) is 17.3. The Hall–Kier alpha value is -3.21. The van der Waals surface area contributed by atoms with Gasteiger partial charge in [-0.15, -0.1) is 0 Å². The fourth-order valence-electron chi connectivity index (χ4n) is 7.40. The third kappa shape index (κ3) is 3.19. The molecule has 0 bridgehead atoms. The van der Waals surface area contributed by atoms with Gasteiger partial charge in [0.05, 0.1) is 11.6 Å². The van der Waals surface area contributed by atoms with Crippen molar-refractivity contribution < 1.29 is 34.8 Å². The summed E-state index contributed by atoms with van der Waals surface area (Å²) in [5.41, 5.74) is 1.90. The first kappa shape index (κ1) is 25.4. The van der Waals surface area contributed by atoms with Gasteiger partial charge in [-0.2, -0.15) is 0 Å². The van der Waals surface area contributed by atoms with E-state index in [1.165, 1.54) is 11.8 Å². The molecule has 10 nitrogen and oxygen atoms in total. The fraction of sp³-hybridized carbons (Fsp3) is 0.519. The van der Waals surface area contributed by atoms with Gasteiger partial charge in [0.2, 0.25) is 5.78 Å². The van der Waals surface area contributed by atoms with Crippen LogP contribution in [-0.2, 0) is 20.8 Å². The summed E-state index contributed by atoms with van der Waals surface area (Å²) in [7, 11) is 5.19. The van der Waals surface area contributed by atoms with Gasteiger partial charge in [-0.3, -0.25) is 24.2 Å². The maximum Gasteiger partial charge on any atom is 0.255 e. The number of fused-ring (bicyclic) bond motifs is 3. The minimum Gasteiger partial charge on any atom is -0.508 e. The summed E-state index contributed by atoms with van der Waals surface area (Å²) in [6.07, 6.45) is 2.31. The number of aliphatic hydroxyl groups is 3. The Balaban J connectivity index is 1.71. The van der Waals surface area contributed by atoms with E-state index in [1.807, 2.05) is 13.1 Å². The largest absolute Gasteiger partial charge is 0.508 e. The van der Waals surface area contributed by atoms with Gasteiger partial charge in [0.15, 0.2) is 11.4 Å². The molecule has 4 aliphatic rings. The summed E-state index contributed by atoms with van der Waals surface area (Å²) in [5, 5.41) is 45.1. The SMILES string of the molecule is CN1CCCC1c1cc(O)c2c(c1)C[C@H]1C[C@@]3(C)[C@H](N(C)C)C(=O)C(C(N)=O)=C(O)[C@@]3(O)C(=O)C1=C2O. The lowest BCUT2D eigenvalue weighted by Gasteiger charge is -2.57. The number of carbonyl (C=O) groups excluding carboxylic acids is 3. The van der Waals surface area contributed by atoms with E-state index < -0.39 is 57.5 Å². The predicted molar refractivity (Wildman–Crippen MR) is 133 cm³/mol. The first-order valence-corrected chi connectivity index (χ1v) is 12.5. The second-order valence-corrected chi connectivity index (χ2v) is 11.4. The lowest BCUT2D eigenvalue weighted by molar-refractivity contribution is -0.171. The molecule has 198 valence electrons. The summed E-state index contributed by atoms with van der Waals surface area (Å²) in [6.45, 7) is 2.47. The standard InChI is InChI=1S/C27H33N3O7/c1-26-11-14-9-13-8-12(15-6-5-7-30(15)4)10-16(31)17(13)20(32)18(14)23(34)27(26,37)24(35)19(25(28)36)21(33)22(26)29(2)3/h8,10,14-15,22,31-32,35,37H,5-7,9,11H2,1-4H3,(H2,28,36)/t14-,15?,22+,26-,27-/m0/s1. The molecule has 37 heavy (non-hydrogen) atoms. The van der Waals surface area contributed by atoms with Crippen molar-refractivity contribution in [1.29, 1.82) is 0 Å². The van der Waals surface area contributed by atoms with E-state index in [1.54, 1.807) is 20.2 Å². The highest BCUT2D eigenvalue weighted by Gasteiger charge is 2.70. The molecule has 1 saturated heterocycles. The Bertz CT molecular complexity index is 1320. The van der Waals surface area contributed by atoms with E-state index in [0.717, 1.165) is 24.9 Å². The van der Waals surface area contributed by atoms with Crippen molar-refractivity contribution in [2.45, 2.75) is 50.3 Å². The molecule has 1 amide bonds. The maximum atomic E-state index is 14.0.